The Morgan fingerprint density at radius 2 is 1.96 bits per heavy atom. The van der Waals surface area contributed by atoms with E-state index >= 15 is 0 Å². The highest BCUT2D eigenvalue weighted by molar-refractivity contribution is 7.99. The summed E-state index contributed by atoms with van der Waals surface area (Å²) in [4.78, 5) is 12.0. The van der Waals surface area contributed by atoms with Crippen molar-refractivity contribution in [2.75, 3.05) is 11.1 Å². The molecule has 23 heavy (non-hydrogen) atoms. The number of nitrogens with one attached hydrogen (secondary N) is 1. The highest BCUT2D eigenvalue weighted by Gasteiger charge is 2.11. The van der Waals surface area contributed by atoms with E-state index in [1.807, 2.05) is 11.6 Å². The summed E-state index contributed by atoms with van der Waals surface area (Å²) in [5, 5.41) is 12.8. The number of aryl methyl sites for hydroxylation is 1. The minimum atomic E-state index is -0.147. The predicted octanol–water partition coefficient (Wildman–Crippen LogP) is 4.20. The van der Waals surface area contributed by atoms with E-state index < -0.39 is 0 Å². The Balaban J connectivity index is 1.90. The van der Waals surface area contributed by atoms with Gasteiger partial charge >= 0.3 is 0 Å². The first kappa shape index (κ1) is 18.1. The third kappa shape index (κ3) is 5.41. The molecule has 2 aromatic rings. The first-order valence-corrected chi connectivity index (χ1v) is 9.00. The monoisotopic (exact) mass is 372 g/mol. The van der Waals surface area contributed by atoms with Gasteiger partial charge in [-0.3, -0.25) is 4.79 Å². The Hall–Kier alpha value is -1.24. The fourth-order valence-corrected chi connectivity index (χ4v) is 3.23. The van der Waals surface area contributed by atoms with Crippen molar-refractivity contribution >= 4 is 46.6 Å². The van der Waals surface area contributed by atoms with Crippen LogP contribution in [0.3, 0.4) is 0 Å². The standard InChI is InChI=1S/C15H18Cl2N4OS/c1-3-4-5-13-19-20-15(21(13)2)23-9-14(22)18-12-7-10(16)6-11(17)8-12/h6-8H,3-5,9H2,1-2H3,(H,18,22). The summed E-state index contributed by atoms with van der Waals surface area (Å²) >= 11 is 13.2. The van der Waals surface area contributed by atoms with Gasteiger partial charge in [-0.1, -0.05) is 48.3 Å². The molecule has 0 aliphatic heterocycles. The van der Waals surface area contributed by atoms with Crippen LogP contribution < -0.4 is 5.32 Å². The van der Waals surface area contributed by atoms with Gasteiger partial charge in [-0.2, -0.15) is 0 Å². The van der Waals surface area contributed by atoms with Crippen LogP contribution in [-0.2, 0) is 18.3 Å². The summed E-state index contributed by atoms with van der Waals surface area (Å²) in [5.74, 6) is 1.03. The SMILES string of the molecule is CCCCc1nnc(SCC(=O)Nc2cc(Cl)cc(Cl)c2)n1C. The van der Waals surface area contributed by atoms with Crippen molar-refractivity contribution in [2.45, 2.75) is 31.3 Å². The lowest BCUT2D eigenvalue weighted by Crippen LogP contribution is -2.14. The van der Waals surface area contributed by atoms with Crippen molar-refractivity contribution in [1.82, 2.24) is 14.8 Å². The second-order valence-electron chi connectivity index (χ2n) is 5.06. The number of halogens is 2. The van der Waals surface area contributed by atoms with Gasteiger partial charge in [0.2, 0.25) is 5.91 Å². The third-order valence-electron chi connectivity index (χ3n) is 3.16. The molecule has 1 heterocycles. The van der Waals surface area contributed by atoms with E-state index in [1.54, 1.807) is 18.2 Å². The molecule has 124 valence electrons. The van der Waals surface area contributed by atoms with Gasteiger partial charge in [0.25, 0.3) is 0 Å². The van der Waals surface area contributed by atoms with Gasteiger partial charge in [0, 0.05) is 29.2 Å². The van der Waals surface area contributed by atoms with Crippen LogP contribution in [0.4, 0.5) is 5.69 Å². The lowest BCUT2D eigenvalue weighted by molar-refractivity contribution is -0.113. The molecule has 1 N–H and O–H groups in total. The summed E-state index contributed by atoms with van der Waals surface area (Å²) in [6.07, 6.45) is 3.08. The van der Waals surface area contributed by atoms with E-state index in [9.17, 15) is 4.79 Å². The maximum atomic E-state index is 12.0. The molecule has 1 aromatic heterocycles. The Bertz CT molecular complexity index is 670. The number of hydrogen-bond acceptors (Lipinski definition) is 4. The minimum absolute atomic E-state index is 0.147. The second-order valence-corrected chi connectivity index (χ2v) is 6.87. The summed E-state index contributed by atoms with van der Waals surface area (Å²) in [5.41, 5.74) is 0.578. The molecule has 0 spiro atoms. The number of thioether (sulfide) groups is 1. The molecule has 0 saturated heterocycles. The quantitative estimate of drug-likeness (QED) is 0.739. The molecule has 1 aromatic carbocycles. The van der Waals surface area contributed by atoms with E-state index in [0.717, 1.165) is 30.2 Å². The first-order chi connectivity index (χ1) is 11.0. The smallest absolute Gasteiger partial charge is 0.234 e. The Labute approximate surface area is 149 Å². The Kier molecular flexibility index (Phi) is 6.74. The molecule has 1 amide bonds. The number of carbonyl (C=O) groups excluding carboxylic acids is 1. The third-order valence-corrected chi connectivity index (χ3v) is 4.61. The van der Waals surface area contributed by atoms with Crippen LogP contribution >= 0.6 is 35.0 Å². The number of carbonyl (C=O) groups is 1. The average molecular weight is 373 g/mol. The average Bonchev–Trinajstić information content (AvgIpc) is 2.82. The fraction of sp³-hybridized carbons (Fsp3) is 0.400. The highest BCUT2D eigenvalue weighted by atomic mass is 35.5. The number of aromatic nitrogens is 3. The van der Waals surface area contributed by atoms with E-state index in [-0.39, 0.29) is 11.7 Å². The predicted molar refractivity (Wildman–Crippen MR) is 95.4 cm³/mol. The van der Waals surface area contributed by atoms with Gasteiger partial charge in [-0.25, -0.2) is 0 Å². The number of hydrogen-bond donors (Lipinski definition) is 1. The number of amides is 1. The van der Waals surface area contributed by atoms with Crippen molar-refractivity contribution < 1.29 is 4.79 Å². The molecule has 0 aliphatic carbocycles. The normalized spacial score (nSPS) is 10.8. The van der Waals surface area contributed by atoms with Gasteiger partial charge in [0.15, 0.2) is 5.16 Å². The first-order valence-electron chi connectivity index (χ1n) is 7.26. The summed E-state index contributed by atoms with van der Waals surface area (Å²) < 4.78 is 1.93. The molecule has 0 radical (unpaired) electrons. The molecule has 5 nitrogen and oxygen atoms in total. The second kappa shape index (κ2) is 8.57. The van der Waals surface area contributed by atoms with Gasteiger partial charge in [0.05, 0.1) is 5.75 Å². The molecule has 0 atom stereocenters. The molecular formula is C15H18Cl2N4OS. The van der Waals surface area contributed by atoms with Gasteiger partial charge in [-0.05, 0) is 24.6 Å². The number of rotatable bonds is 7. The number of unbranched alkanes of at least 4 members (excludes halogenated alkanes) is 1. The number of anilines is 1. The number of nitrogens with zero attached hydrogens (tertiary/aromatic N) is 3. The highest BCUT2D eigenvalue weighted by Crippen LogP contribution is 2.23. The van der Waals surface area contributed by atoms with Crippen LogP contribution in [0, 0.1) is 0 Å². The summed E-state index contributed by atoms with van der Waals surface area (Å²) in [7, 11) is 1.92. The van der Waals surface area contributed by atoms with Crippen molar-refractivity contribution in [3.05, 3.63) is 34.1 Å². The molecular weight excluding hydrogens is 355 g/mol. The van der Waals surface area contributed by atoms with Crippen LogP contribution in [0.15, 0.2) is 23.4 Å². The minimum Gasteiger partial charge on any atom is -0.325 e. The molecule has 2 rings (SSSR count). The van der Waals surface area contributed by atoms with Crippen molar-refractivity contribution in [1.29, 1.82) is 0 Å². The fourth-order valence-electron chi connectivity index (χ4n) is 1.98. The van der Waals surface area contributed by atoms with Crippen molar-refractivity contribution in [3.63, 3.8) is 0 Å². The van der Waals surface area contributed by atoms with Crippen molar-refractivity contribution in [3.8, 4) is 0 Å². The molecule has 0 unspecified atom stereocenters. The molecule has 8 heteroatoms. The zero-order chi connectivity index (χ0) is 16.8. The lowest BCUT2D eigenvalue weighted by Gasteiger charge is -2.06. The maximum Gasteiger partial charge on any atom is 0.234 e. The van der Waals surface area contributed by atoms with Crippen LogP contribution in [0.25, 0.3) is 0 Å². The van der Waals surface area contributed by atoms with Gasteiger partial charge < -0.3 is 9.88 Å². The van der Waals surface area contributed by atoms with E-state index in [1.165, 1.54) is 11.8 Å². The molecule has 0 aliphatic rings. The topological polar surface area (TPSA) is 59.8 Å². The Morgan fingerprint density at radius 3 is 2.61 bits per heavy atom. The van der Waals surface area contributed by atoms with Crippen LogP contribution in [-0.4, -0.2) is 26.4 Å². The van der Waals surface area contributed by atoms with Gasteiger partial charge in [-0.15, -0.1) is 10.2 Å². The number of benzene rings is 1. The zero-order valence-corrected chi connectivity index (χ0v) is 15.3. The maximum absolute atomic E-state index is 12.0. The van der Waals surface area contributed by atoms with Crippen LogP contribution in [0.5, 0.6) is 0 Å². The molecule has 0 saturated carbocycles. The van der Waals surface area contributed by atoms with Crippen LogP contribution in [0.2, 0.25) is 10.0 Å². The largest absolute Gasteiger partial charge is 0.325 e. The summed E-state index contributed by atoms with van der Waals surface area (Å²) in [6, 6.07) is 4.92. The molecule has 0 bridgehead atoms. The van der Waals surface area contributed by atoms with Crippen LogP contribution in [0.1, 0.15) is 25.6 Å². The van der Waals surface area contributed by atoms with Crippen molar-refractivity contribution in [2.24, 2.45) is 7.05 Å². The summed E-state index contributed by atoms with van der Waals surface area (Å²) in [6.45, 7) is 2.14. The Morgan fingerprint density at radius 1 is 1.26 bits per heavy atom. The van der Waals surface area contributed by atoms with E-state index in [0.29, 0.717) is 15.7 Å². The lowest BCUT2D eigenvalue weighted by atomic mass is 10.2. The van der Waals surface area contributed by atoms with E-state index in [4.69, 9.17) is 23.2 Å². The zero-order valence-electron chi connectivity index (χ0n) is 13.0. The van der Waals surface area contributed by atoms with Gasteiger partial charge in [0.1, 0.15) is 5.82 Å². The molecule has 0 fully saturated rings. The van der Waals surface area contributed by atoms with E-state index in [2.05, 4.69) is 22.4 Å².